The monoisotopic (exact) mass is 285 g/mol. The summed E-state index contributed by atoms with van der Waals surface area (Å²) in [5.41, 5.74) is 0.977. The van der Waals surface area contributed by atoms with Gasteiger partial charge in [-0.25, -0.2) is 4.39 Å². The van der Waals surface area contributed by atoms with E-state index in [-0.39, 0.29) is 10.6 Å². The quantitative estimate of drug-likeness (QED) is 0.659. The Hall–Kier alpha value is -2.26. The number of nitrogens with zero attached hydrogens (tertiary/aromatic N) is 1. The van der Waals surface area contributed by atoms with Crippen LogP contribution in [-0.4, -0.2) is 10.8 Å². The number of hydrogen-bond acceptors (Lipinski definition) is 2. The Kier molecular flexibility index (Phi) is 3.20. The van der Waals surface area contributed by atoms with E-state index < -0.39 is 11.6 Å². The number of para-hydroxylation sites is 1. The second kappa shape index (κ2) is 5.02. The maximum atomic E-state index is 13.8. The average molecular weight is 286 g/mol. The van der Waals surface area contributed by atoms with Gasteiger partial charge in [-0.05, 0) is 24.3 Å². The molecule has 4 heteroatoms. The highest BCUT2D eigenvalue weighted by molar-refractivity contribution is 6.35. The highest BCUT2D eigenvalue weighted by atomic mass is 35.5. The lowest BCUT2D eigenvalue weighted by Gasteiger charge is -2.05. The average Bonchev–Trinajstić information content (AvgIpc) is 2.46. The van der Waals surface area contributed by atoms with Gasteiger partial charge in [-0.1, -0.05) is 35.9 Å². The van der Waals surface area contributed by atoms with Gasteiger partial charge in [-0.2, -0.15) is 0 Å². The molecule has 2 aromatic carbocycles. The number of ketones is 1. The summed E-state index contributed by atoms with van der Waals surface area (Å²) < 4.78 is 13.8. The minimum absolute atomic E-state index is 0.100. The minimum Gasteiger partial charge on any atom is -0.288 e. The third-order valence-corrected chi connectivity index (χ3v) is 3.36. The van der Waals surface area contributed by atoms with Gasteiger partial charge in [0.05, 0.1) is 16.1 Å². The van der Waals surface area contributed by atoms with E-state index in [0.717, 1.165) is 10.9 Å². The first kappa shape index (κ1) is 12.8. The molecule has 0 bridgehead atoms. The summed E-state index contributed by atoms with van der Waals surface area (Å²) in [6.45, 7) is 0. The topological polar surface area (TPSA) is 30.0 Å². The van der Waals surface area contributed by atoms with Gasteiger partial charge in [0, 0.05) is 17.1 Å². The Morgan fingerprint density at radius 2 is 1.90 bits per heavy atom. The molecule has 0 aliphatic carbocycles. The third-order valence-electron chi connectivity index (χ3n) is 3.04. The maximum Gasteiger partial charge on any atom is 0.199 e. The summed E-state index contributed by atoms with van der Waals surface area (Å²) in [5.74, 6) is -1.10. The van der Waals surface area contributed by atoms with Crippen LogP contribution >= 0.6 is 11.6 Å². The number of pyridine rings is 1. The summed E-state index contributed by atoms with van der Waals surface area (Å²) in [4.78, 5) is 16.6. The van der Waals surface area contributed by atoms with Crippen LogP contribution in [0.3, 0.4) is 0 Å². The van der Waals surface area contributed by atoms with Gasteiger partial charge < -0.3 is 0 Å². The molecule has 1 heterocycles. The normalized spacial score (nSPS) is 10.7. The van der Waals surface area contributed by atoms with Gasteiger partial charge in [0.15, 0.2) is 5.78 Å². The number of hydrogen-bond donors (Lipinski definition) is 0. The fourth-order valence-corrected chi connectivity index (χ4v) is 2.30. The summed E-state index contributed by atoms with van der Waals surface area (Å²) in [7, 11) is 0. The van der Waals surface area contributed by atoms with Crippen molar-refractivity contribution in [1.82, 2.24) is 4.98 Å². The molecule has 3 rings (SSSR count). The number of rotatable bonds is 2. The third kappa shape index (κ3) is 2.17. The molecule has 3 aromatic rings. The molecule has 0 N–H and O–H groups in total. The van der Waals surface area contributed by atoms with Gasteiger partial charge in [0.25, 0.3) is 0 Å². The van der Waals surface area contributed by atoms with Crippen molar-refractivity contribution in [2.24, 2.45) is 0 Å². The van der Waals surface area contributed by atoms with E-state index in [1.54, 1.807) is 6.07 Å². The number of fused-ring (bicyclic) bond motifs is 1. The molecule has 0 radical (unpaired) electrons. The fraction of sp³-hybridized carbons (Fsp3) is 0. The van der Waals surface area contributed by atoms with Crippen molar-refractivity contribution in [2.75, 3.05) is 0 Å². The van der Waals surface area contributed by atoms with Crippen molar-refractivity contribution in [3.8, 4) is 0 Å². The van der Waals surface area contributed by atoms with Crippen LogP contribution in [-0.2, 0) is 0 Å². The molecular formula is C16H9ClFNO. The van der Waals surface area contributed by atoms with E-state index in [0.29, 0.717) is 5.56 Å². The molecule has 20 heavy (non-hydrogen) atoms. The lowest BCUT2D eigenvalue weighted by atomic mass is 10.0. The molecule has 98 valence electrons. The van der Waals surface area contributed by atoms with Gasteiger partial charge in [0.2, 0.25) is 0 Å². The number of carbonyl (C=O) groups is 1. The number of halogens is 2. The highest BCUT2D eigenvalue weighted by Gasteiger charge is 2.18. The zero-order valence-electron chi connectivity index (χ0n) is 10.3. The predicted molar refractivity (Wildman–Crippen MR) is 76.6 cm³/mol. The van der Waals surface area contributed by atoms with Crippen molar-refractivity contribution in [3.05, 3.63) is 76.7 Å². The van der Waals surface area contributed by atoms with Crippen LogP contribution in [0.15, 0.2) is 54.7 Å². The van der Waals surface area contributed by atoms with Crippen LogP contribution in [0.1, 0.15) is 15.9 Å². The van der Waals surface area contributed by atoms with Gasteiger partial charge in [-0.15, -0.1) is 0 Å². The largest absolute Gasteiger partial charge is 0.288 e. The summed E-state index contributed by atoms with van der Waals surface area (Å²) in [5, 5.41) is 0.925. The van der Waals surface area contributed by atoms with Crippen LogP contribution in [0.2, 0.25) is 5.02 Å². The van der Waals surface area contributed by atoms with Crippen LogP contribution in [0, 0.1) is 5.82 Å². The van der Waals surface area contributed by atoms with E-state index in [1.807, 2.05) is 24.3 Å². The molecule has 0 aliphatic rings. The van der Waals surface area contributed by atoms with Crippen LogP contribution in [0.25, 0.3) is 10.9 Å². The van der Waals surface area contributed by atoms with Gasteiger partial charge in [-0.3, -0.25) is 9.78 Å². The van der Waals surface area contributed by atoms with E-state index in [4.69, 9.17) is 11.6 Å². The molecular weight excluding hydrogens is 277 g/mol. The summed E-state index contributed by atoms with van der Waals surface area (Å²) >= 11 is 5.91. The SMILES string of the molecule is O=C(c1cnc2ccccc2c1)c1c(F)cccc1Cl. The smallest absolute Gasteiger partial charge is 0.199 e. The van der Waals surface area contributed by atoms with Crippen molar-refractivity contribution in [3.63, 3.8) is 0 Å². The lowest BCUT2D eigenvalue weighted by molar-refractivity contribution is 0.103. The molecule has 0 aliphatic heterocycles. The maximum absolute atomic E-state index is 13.8. The zero-order chi connectivity index (χ0) is 14.1. The molecule has 0 unspecified atom stereocenters. The van der Waals surface area contributed by atoms with E-state index in [2.05, 4.69) is 4.98 Å². The van der Waals surface area contributed by atoms with Crippen LogP contribution in [0.5, 0.6) is 0 Å². The van der Waals surface area contributed by atoms with Gasteiger partial charge in [0.1, 0.15) is 5.82 Å². The summed E-state index contributed by atoms with van der Waals surface area (Å²) in [6.07, 6.45) is 1.44. The Morgan fingerprint density at radius 3 is 2.70 bits per heavy atom. The van der Waals surface area contributed by atoms with Gasteiger partial charge >= 0.3 is 0 Å². The first-order valence-electron chi connectivity index (χ1n) is 6.00. The first-order chi connectivity index (χ1) is 9.66. The van der Waals surface area contributed by atoms with E-state index >= 15 is 0 Å². The molecule has 0 spiro atoms. The standard InChI is InChI=1S/C16H9ClFNO/c17-12-5-3-6-13(18)15(12)16(20)11-8-10-4-1-2-7-14(10)19-9-11/h1-9H. The summed E-state index contributed by atoms with van der Waals surface area (Å²) in [6, 6.07) is 13.3. The Bertz CT molecular complexity index is 796. The number of carbonyl (C=O) groups excluding carboxylic acids is 1. The second-order valence-electron chi connectivity index (χ2n) is 4.34. The Morgan fingerprint density at radius 1 is 1.10 bits per heavy atom. The van der Waals surface area contributed by atoms with E-state index in [9.17, 15) is 9.18 Å². The van der Waals surface area contributed by atoms with Crippen molar-refractivity contribution >= 4 is 28.3 Å². The Labute approximate surface area is 119 Å². The number of benzene rings is 2. The minimum atomic E-state index is -0.629. The fourth-order valence-electron chi connectivity index (χ4n) is 2.05. The van der Waals surface area contributed by atoms with Crippen LogP contribution in [0.4, 0.5) is 4.39 Å². The molecule has 2 nitrogen and oxygen atoms in total. The first-order valence-corrected chi connectivity index (χ1v) is 6.38. The molecule has 0 amide bonds. The molecule has 0 atom stereocenters. The molecule has 0 saturated heterocycles. The molecule has 0 saturated carbocycles. The predicted octanol–water partition coefficient (Wildman–Crippen LogP) is 4.26. The second-order valence-corrected chi connectivity index (χ2v) is 4.75. The van der Waals surface area contributed by atoms with E-state index in [1.165, 1.54) is 24.4 Å². The zero-order valence-corrected chi connectivity index (χ0v) is 11.1. The molecule has 1 aromatic heterocycles. The highest BCUT2D eigenvalue weighted by Crippen LogP contribution is 2.23. The Balaban J connectivity index is 2.13. The van der Waals surface area contributed by atoms with Crippen molar-refractivity contribution < 1.29 is 9.18 Å². The van der Waals surface area contributed by atoms with Crippen molar-refractivity contribution in [1.29, 1.82) is 0 Å². The van der Waals surface area contributed by atoms with Crippen LogP contribution < -0.4 is 0 Å². The van der Waals surface area contributed by atoms with Crippen molar-refractivity contribution in [2.45, 2.75) is 0 Å². The number of aromatic nitrogens is 1. The lowest BCUT2D eigenvalue weighted by Crippen LogP contribution is -2.05. The molecule has 0 fully saturated rings.